The van der Waals surface area contributed by atoms with Crippen molar-refractivity contribution >= 4 is 21.6 Å². The Bertz CT molecular complexity index is 929. The smallest absolute Gasteiger partial charge is 0.282 e. The summed E-state index contributed by atoms with van der Waals surface area (Å²) in [5.74, 6) is 0.598. The highest BCUT2D eigenvalue weighted by Crippen LogP contribution is 2.18. The van der Waals surface area contributed by atoms with Crippen molar-refractivity contribution in [1.29, 1.82) is 0 Å². The molecular formula is C20H28N3O4S+. The van der Waals surface area contributed by atoms with Crippen molar-refractivity contribution in [3.63, 3.8) is 0 Å². The molecule has 0 fully saturated rings. The molecule has 2 aromatic rings. The van der Waals surface area contributed by atoms with Crippen LogP contribution in [0.15, 0.2) is 53.4 Å². The number of quaternary nitrogens is 1. The number of carbonyl (C=O) groups is 1. The highest BCUT2D eigenvalue weighted by molar-refractivity contribution is 7.89. The lowest BCUT2D eigenvalue weighted by Crippen LogP contribution is -3.12. The number of carbonyl (C=O) groups excluding carboxylic acids is 1. The molecule has 28 heavy (non-hydrogen) atoms. The molecule has 0 radical (unpaired) electrons. The lowest BCUT2D eigenvalue weighted by Gasteiger charge is -2.21. The Kier molecular flexibility index (Phi) is 7.17. The Hall–Kier alpha value is -2.42. The molecule has 2 atom stereocenters. The number of nitrogens with one attached hydrogen (secondary N) is 2. The van der Waals surface area contributed by atoms with E-state index in [1.165, 1.54) is 26.2 Å². The molecule has 0 saturated heterocycles. The van der Waals surface area contributed by atoms with Crippen molar-refractivity contribution in [2.45, 2.75) is 24.4 Å². The van der Waals surface area contributed by atoms with Gasteiger partial charge in [0.25, 0.3) is 5.91 Å². The van der Waals surface area contributed by atoms with Gasteiger partial charge in [-0.3, -0.25) is 4.79 Å². The molecule has 0 aliphatic rings. The lowest BCUT2D eigenvalue weighted by molar-refractivity contribution is -0.907. The first-order valence-corrected chi connectivity index (χ1v) is 10.4. The van der Waals surface area contributed by atoms with Gasteiger partial charge in [-0.2, -0.15) is 0 Å². The second kappa shape index (κ2) is 9.18. The maximum atomic E-state index is 12.6. The average molecular weight is 407 g/mol. The highest BCUT2D eigenvalue weighted by atomic mass is 32.2. The number of nitrogens with zero attached hydrogens (tertiary/aromatic N) is 1. The largest absolute Gasteiger partial charge is 0.497 e. The predicted molar refractivity (Wildman–Crippen MR) is 109 cm³/mol. The van der Waals surface area contributed by atoms with Crippen LogP contribution in [0.5, 0.6) is 5.75 Å². The minimum atomic E-state index is -3.55. The van der Waals surface area contributed by atoms with Crippen LogP contribution >= 0.6 is 0 Å². The Labute approximate surface area is 167 Å². The van der Waals surface area contributed by atoms with E-state index in [1.54, 1.807) is 19.2 Å². The van der Waals surface area contributed by atoms with Gasteiger partial charge in [0.2, 0.25) is 10.0 Å². The summed E-state index contributed by atoms with van der Waals surface area (Å²) < 4.78 is 30.9. The van der Waals surface area contributed by atoms with Gasteiger partial charge in [-0.05, 0) is 37.3 Å². The number of rotatable bonds is 8. The molecule has 0 saturated carbocycles. The summed E-state index contributed by atoms with van der Waals surface area (Å²) in [5.41, 5.74) is 1.52. The summed E-state index contributed by atoms with van der Waals surface area (Å²) in [6, 6.07) is 13.7. The van der Waals surface area contributed by atoms with Crippen LogP contribution in [-0.2, 0) is 21.4 Å². The molecule has 2 rings (SSSR count). The number of hydrogen-bond acceptors (Lipinski definition) is 4. The maximum absolute atomic E-state index is 12.6. The number of hydrogen-bond donors (Lipinski definition) is 2. The van der Waals surface area contributed by atoms with E-state index < -0.39 is 10.0 Å². The Balaban J connectivity index is 2.07. The maximum Gasteiger partial charge on any atom is 0.282 e. The van der Waals surface area contributed by atoms with Crippen molar-refractivity contribution in [3.8, 4) is 5.75 Å². The van der Waals surface area contributed by atoms with E-state index in [2.05, 4.69) is 5.32 Å². The third kappa shape index (κ3) is 5.31. The molecule has 1 unspecified atom stereocenters. The minimum Gasteiger partial charge on any atom is -0.497 e. The van der Waals surface area contributed by atoms with Gasteiger partial charge >= 0.3 is 0 Å². The van der Waals surface area contributed by atoms with Crippen LogP contribution in [0.2, 0.25) is 0 Å². The zero-order valence-corrected chi connectivity index (χ0v) is 17.7. The number of sulfonamides is 1. The van der Waals surface area contributed by atoms with Crippen molar-refractivity contribution in [1.82, 2.24) is 4.31 Å². The van der Waals surface area contributed by atoms with Gasteiger partial charge in [-0.15, -0.1) is 0 Å². The third-order valence-corrected chi connectivity index (χ3v) is 6.44. The fourth-order valence-corrected chi connectivity index (χ4v) is 3.62. The molecule has 2 N–H and O–H groups in total. The third-order valence-electron chi connectivity index (χ3n) is 4.63. The van der Waals surface area contributed by atoms with Crippen LogP contribution in [0.1, 0.15) is 12.5 Å². The summed E-state index contributed by atoms with van der Waals surface area (Å²) in [4.78, 5) is 13.8. The molecule has 152 valence electrons. The van der Waals surface area contributed by atoms with E-state index in [0.717, 1.165) is 20.5 Å². The first-order valence-electron chi connectivity index (χ1n) is 8.94. The summed E-state index contributed by atoms with van der Waals surface area (Å²) >= 11 is 0. The molecule has 7 nitrogen and oxygen atoms in total. The van der Waals surface area contributed by atoms with Crippen molar-refractivity contribution < 1.29 is 22.8 Å². The average Bonchev–Trinajstić information content (AvgIpc) is 2.67. The highest BCUT2D eigenvalue weighted by Gasteiger charge is 2.23. The molecule has 0 spiro atoms. The Morgan fingerprint density at radius 3 is 2.50 bits per heavy atom. The van der Waals surface area contributed by atoms with E-state index in [-0.39, 0.29) is 16.8 Å². The number of likely N-dealkylation sites (N-methyl/N-ethyl adjacent to an activating group) is 1. The molecule has 2 aromatic carbocycles. The van der Waals surface area contributed by atoms with Gasteiger partial charge in [0.05, 0.1) is 19.1 Å². The van der Waals surface area contributed by atoms with Crippen molar-refractivity contribution in [2.24, 2.45) is 0 Å². The second-order valence-corrected chi connectivity index (χ2v) is 9.05. The fraction of sp³-hybridized carbons (Fsp3) is 0.350. The Morgan fingerprint density at radius 1 is 1.18 bits per heavy atom. The topological polar surface area (TPSA) is 80.1 Å². The van der Waals surface area contributed by atoms with Gasteiger partial charge < -0.3 is 15.0 Å². The lowest BCUT2D eigenvalue weighted by atomic mass is 10.1. The van der Waals surface area contributed by atoms with E-state index >= 15 is 0 Å². The first-order chi connectivity index (χ1) is 13.1. The number of anilines is 1. The van der Waals surface area contributed by atoms with E-state index in [0.29, 0.717) is 12.2 Å². The first kappa shape index (κ1) is 21.9. The van der Waals surface area contributed by atoms with Gasteiger partial charge in [-0.1, -0.05) is 18.2 Å². The van der Waals surface area contributed by atoms with E-state index in [1.807, 2.05) is 38.2 Å². The summed E-state index contributed by atoms with van der Waals surface area (Å²) in [5, 5.41) is 2.81. The van der Waals surface area contributed by atoms with Gasteiger partial charge in [-0.25, -0.2) is 12.7 Å². The zero-order valence-electron chi connectivity index (χ0n) is 16.9. The molecular weight excluding hydrogens is 378 g/mol. The molecule has 0 bridgehead atoms. The normalized spacial score (nSPS) is 13.8. The van der Waals surface area contributed by atoms with Gasteiger partial charge in [0.15, 0.2) is 6.04 Å². The van der Waals surface area contributed by atoms with Gasteiger partial charge in [0.1, 0.15) is 12.3 Å². The number of ether oxygens (including phenoxy) is 1. The van der Waals surface area contributed by atoms with Crippen molar-refractivity contribution in [2.75, 3.05) is 33.6 Å². The molecule has 8 heteroatoms. The standard InChI is InChI=1S/C20H27N3O4S/c1-15(23(4)14-16-8-6-10-18(12-16)27-5)20(24)21-17-9-7-11-19(13-17)28(25,26)22(2)3/h6-13,15H,14H2,1-5H3,(H,21,24)/p+1/t15-/m1/s1. The molecule has 0 aliphatic carbocycles. The quantitative estimate of drug-likeness (QED) is 0.685. The van der Waals surface area contributed by atoms with Crippen LogP contribution in [0.4, 0.5) is 5.69 Å². The van der Waals surface area contributed by atoms with Crippen LogP contribution in [0.25, 0.3) is 0 Å². The molecule has 0 aromatic heterocycles. The Morgan fingerprint density at radius 2 is 1.86 bits per heavy atom. The van der Waals surface area contributed by atoms with E-state index in [4.69, 9.17) is 4.74 Å². The number of amides is 1. The van der Waals surface area contributed by atoms with Crippen LogP contribution in [0.3, 0.4) is 0 Å². The molecule has 0 aliphatic heterocycles. The van der Waals surface area contributed by atoms with Crippen LogP contribution in [0, 0.1) is 0 Å². The summed E-state index contributed by atoms with van der Waals surface area (Å²) in [7, 11) is 2.95. The van der Waals surface area contributed by atoms with Crippen LogP contribution in [-0.4, -0.2) is 52.9 Å². The van der Waals surface area contributed by atoms with Gasteiger partial charge in [0, 0.05) is 25.3 Å². The van der Waals surface area contributed by atoms with E-state index in [9.17, 15) is 13.2 Å². The zero-order chi connectivity index (χ0) is 20.9. The molecule has 1 amide bonds. The predicted octanol–water partition coefficient (Wildman–Crippen LogP) is 0.987. The number of benzene rings is 2. The van der Waals surface area contributed by atoms with Crippen molar-refractivity contribution in [3.05, 3.63) is 54.1 Å². The fourth-order valence-electron chi connectivity index (χ4n) is 2.68. The summed E-state index contributed by atoms with van der Waals surface area (Å²) in [6.45, 7) is 2.49. The minimum absolute atomic E-state index is 0.139. The monoisotopic (exact) mass is 406 g/mol. The molecule has 0 heterocycles. The number of methoxy groups -OCH3 is 1. The summed E-state index contributed by atoms with van der Waals surface area (Å²) in [6.07, 6.45) is 0. The SMILES string of the molecule is COc1cccc(C[NH+](C)[C@H](C)C(=O)Nc2cccc(S(=O)(=O)N(C)C)c2)c1. The van der Waals surface area contributed by atoms with Crippen LogP contribution < -0.4 is 15.0 Å². The second-order valence-electron chi connectivity index (χ2n) is 6.90.